The van der Waals surface area contributed by atoms with Crippen molar-refractivity contribution < 1.29 is 4.79 Å². The van der Waals surface area contributed by atoms with Gasteiger partial charge >= 0.3 is 0 Å². The number of carbonyl (C=O) groups is 1. The van der Waals surface area contributed by atoms with Crippen LogP contribution in [0.4, 0.5) is 0 Å². The fourth-order valence-corrected chi connectivity index (χ4v) is 2.94. The second kappa shape index (κ2) is 7.98. The van der Waals surface area contributed by atoms with Crippen LogP contribution in [0.25, 0.3) is 10.9 Å². The molecule has 0 radical (unpaired) electrons. The molecule has 1 N–H and O–H groups in total. The van der Waals surface area contributed by atoms with Crippen LogP contribution < -0.4 is 5.32 Å². The average Bonchev–Trinajstić information content (AvgIpc) is 2.58. The van der Waals surface area contributed by atoms with Crippen molar-refractivity contribution in [3.05, 3.63) is 35.4 Å². The summed E-state index contributed by atoms with van der Waals surface area (Å²) in [6.45, 7) is 6.10. The van der Waals surface area contributed by atoms with E-state index in [0.29, 0.717) is 10.6 Å². The third-order valence-corrected chi connectivity index (χ3v) is 4.72. The van der Waals surface area contributed by atoms with E-state index in [4.69, 9.17) is 0 Å². The molecule has 0 aliphatic carbocycles. The van der Waals surface area contributed by atoms with Gasteiger partial charge in [-0.2, -0.15) is 5.26 Å². The monoisotopic (exact) mass is 327 g/mol. The first-order valence-corrected chi connectivity index (χ1v) is 8.81. The maximum Gasteiger partial charge on any atom is 0.230 e. The van der Waals surface area contributed by atoms with Crippen LogP contribution in [0.5, 0.6) is 0 Å². The summed E-state index contributed by atoms with van der Waals surface area (Å²) in [6, 6.07) is 10.3. The quantitative estimate of drug-likeness (QED) is 0.822. The lowest BCUT2D eigenvalue weighted by Crippen LogP contribution is -2.33. The highest BCUT2D eigenvalue weighted by molar-refractivity contribution is 8.00. The number of aryl methyl sites for hydroxylation is 1. The first-order valence-electron chi connectivity index (χ1n) is 7.83. The molecule has 1 atom stereocenters. The molecule has 0 bridgehead atoms. The summed E-state index contributed by atoms with van der Waals surface area (Å²) >= 11 is 1.31. The summed E-state index contributed by atoms with van der Waals surface area (Å²) in [7, 11) is 0. The van der Waals surface area contributed by atoms with Gasteiger partial charge in [-0.1, -0.05) is 31.7 Å². The Balaban J connectivity index is 2.20. The molecule has 1 heterocycles. The number of pyridine rings is 1. The highest BCUT2D eigenvalue weighted by atomic mass is 32.2. The molecule has 4 nitrogen and oxygen atoms in total. The van der Waals surface area contributed by atoms with Gasteiger partial charge < -0.3 is 5.32 Å². The van der Waals surface area contributed by atoms with Gasteiger partial charge in [0.2, 0.25) is 5.91 Å². The molecule has 0 fully saturated rings. The molecule has 0 spiro atoms. The summed E-state index contributed by atoms with van der Waals surface area (Å²) in [5.74, 6) is 0.237. The Morgan fingerprint density at radius 1 is 1.39 bits per heavy atom. The number of thioether (sulfide) groups is 1. The highest BCUT2D eigenvalue weighted by Crippen LogP contribution is 2.25. The van der Waals surface area contributed by atoms with E-state index in [0.717, 1.165) is 23.7 Å². The molecular weight excluding hydrogens is 306 g/mol. The molecule has 1 unspecified atom stereocenters. The van der Waals surface area contributed by atoms with Crippen LogP contribution in [0.2, 0.25) is 0 Å². The molecule has 1 amide bonds. The lowest BCUT2D eigenvalue weighted by molar-refractivity contribution is -0.119. The first-order chi connectivity index (χ1) is 11.1. The average molecular weight is 327 g/mol. The van der Waals surface area contributed by atoms with Gasteiger partial charge in [0.15, 0.2) is 0 Å². The van der Waals surface area contributed by atoms with Crippen LogP contribution in [0, 0.1) is 11.3 Å². The molecule has 2 aromatic rings. The number of fused-ring (bicyclic) bond motifs is 1. The summed E-state index contributed by atoms with van der Waals surface area (Å²) < 4.78 is 0. The van der Waals surface area contributed by atoms with Gasteiger partial charge in [0, 0.05) is 11.4 Å². The molecule has 0 aliphatic heterocycles. The lowest BCUT2D eigenvalue weighted by Gasteiger charge is -2.11. The number of nitrogens with one attached hydrogen (secondary N) is 1. The van der Waals surface area contributed by atoms with Crippen molar-refractivity contribution in [2.45, 2.75) is 44.7 Å². The third kappa shape index (κ3) is 4.46. The van der Waals surface area contributed by atoms with Crippen molar-refractivity contribution >= 4 is 28.6 Å². The SMILES string of the molecule is CCc1ccc2nc(SCC(=O)NC(C)CC)c(C#N)cc2c1. The second-order valence-electron chi connectivity index (χ2n) is 5.50. The van der Waals surface area contributed by atoms with Gasteiger partial charge in [0.25, 0.3) is 0 Å². The number of carbonyl (C=O) groups excluding carboxylic acids is 1. The Kier molecular flexibility index (Phi) is 6.00. The number of nitriles is 1. The zero-order chi connectivity index (χ0) is 16.8. The second-order valence-corrected chi connectivity index (χ2v) is 6.46. The molecule has 0 saturated carbocycles. The van der Waals surface area contributed by atoms with Gasteiger partial charge in [-0.05, 0) is 43.5 Å². The van der Waals surface area contributed by atoms with E-state index in [1.165, 1.54) is 17.3 Å². The van der Waals surface area contributed by atoms with Gasteiger partial charge in [-0.3, -0.25) is 4.79 Å². The fourth-order valence-electron chi connectivity index (χ4n) is 2.17. The minimum atomic E-state index is -0.0310. The summed E-state index contributed by atoms with van der Waals surface area (Å²) in [5, 5.41) is 13.8. The summed E-state index contributed by atoms with van der Waals surface area (Å²) in [4.78, 5) is 16.4. The van der Waals surface area contributed by atoms with E-state index in [1.54, 1.807) is 0 Å². The Bertz CT molecular complexity index is 752. The number of hydrogen-bond acceptors (Lipinski definition) is 4. The Morgan fingerprint density at radius 2 is 2.17 bits per heavy atom. The predicted octanol–water partition coefficient (Wildman–Crippen LogP) is 3.68. The molecule has 2 rings (SSSR count). The van der Waals surface area contributed by atoms with Crippen molar-refractivity contribution in [1.82, 2.24) is 10.3 Å². The molecule has 0 aliphatic rings. The Morgan fingerprint density at radius 3 is 2.83 bits per heavy atom. The van der Waals surface area contributed by atoms with Crippen LogP contribution in [0.1, 0.15) is 38.3 Å². The molecule has 0 saturated heterocycles. The number of nitrogens with zero attached hydrogens (tertiary/aromatic N) is 2. The van der Waals surface area contributed by atoms with Gasteiger partial charge in [0.1, 0.15) is 11.1 Å². The minimum absolute atomic E-state index is 0.0310. The zero-order valence-electron chi connectivity index (χ0n) is 13.7. The smallest absolute Gasteiger partial charge is 0.230 e. The number of benzene rings is 1. The normalized spacial score (nSPS) is 11.9. The predicted molar refractivity (Wildman–Crippen MR) is 94.5 cm³/mol. The van der Waals surface area contributed by atoms with Crippen molar-refractivity contribution in [1.29, 1.82) is 5.26 Å². The largest absolute Gasteiger partial charge is 0.353 e. The van der Waals surface area contributed by atoms with Crippen LogP contribution in [-0.2, 0) is 11.2 Å². The number of rotatable bonds is 6. The molecule has 1 aromatic carbocycles. The van der Waals surface area contributed by atoms with E-state index >= 15 is 0 Å². The molecule has 5 heteroatoms. The Labute approximate surface area is 141 Å². The van der Waals surface area contributed by atoms with Crippen LogP contribution in [0.3, 0.4) is 0 Å². The standard InChI is InChI=1S/C18H21N3OS/c1-4-12(3)20-17(22)11-23-18-15(10-19)9-14-8-13(5-2)6-7-16(14)21-18/h6-9,12H,4-5,11H2,1-3H3,(H,20,22). The topological polar surface area (TPSA) is 65.8 Å². The van der Waals surface area contributed by atoms with Crippen molar-refractivity contribution in [2.24, 2.45) is 0 Å². The lowest BCUT2D eigenvalue weighted by atomic mass is 10.1. The summed E-state index contributed by atoms with van der Waals surface area (Å²) in [6.07, 6.45) is 1.85. The van der Waals surface area contributed by atoms with Crippen molar-refractivity contribution in [3.8, 4) is 6.07 Å². The van der Waals surface area contributed by atoms with E-state index in [1.807, 2.05) is 32.0 Å². The summed E-state index contributed by atoms with van der Waals surface area (Å²) in [5.41, 5.74) is 2.59. The van der Waals surface area contributed by atoms with Gasteiger partial charge in [0.05, 0.1) is 16.8 Å². The van der Waals surface area contributed by atoms with Crippen molar-refractivity contribution in [3.63, 3.8) is 0 Å². The molecular formula is C18H21N3OS. The number of hydrogen-bond donors (Lipinski definition) is 1. The molecule has 120 valence electrons. The van der Waals surface area contributed by atoms with Gasteiger partial charge in [-0.25, -0.2) is 4.98 Å². The Hall–Kier alpha value is -2.06. The number of amides is 1. The van der Waals surface area contributed by atoms with Crippen LogP contribution in [0.15, 0.2) is 29.3 Å². The number of aromatic nitrogens is 1. The minimum Gasteiger partial charge on any atom is -0.353 e. The third-order valence-electron chi connectivity index (χ3n) is 3.73. The first kappa shape index (κ1) is 17.3. The fraction of sp³-hybridized carbons (Fsp3) is 0.389. The van der Waals surface area contributed by atoms with Crippen molar-refractivity contribution in [2.75, 3.05) is 5.75 Å². The maximum absolute atomic E-state index is 11.9. The van der Waals surface area contributed by atoms with Gasteiger partial charge in [-0.15, -0.1) is 0 Å². The molecule has 23 heavy (non-hydrogen) atoms. The van der Waals surface area contributed by atoms with Crippen LogP contribution >= 0.6 is 11.8 Å². The van der Waals surface area contributed by atoms with Crippen LogP contribution in [-0.4, -0.2) is 22.7 Å². The highest BCUT2D eigenvalue weighted by Gasteiger charge is 2.11. The van der Waals surface area contributed by atoms with E-state index in [9.17, 15) is 10.1 Å². The molecule has 1 aromatic heterocycles. The van der Waals surface area contributed by atoms with E-state index in [-0.39, 0.29) is 17.7 Å². The van der Waals surface area contributed by atoms with E-state index < -0.39 is 0 Å². The maximum atomic E-state index is 11.9. The zero-order valence-corrected chi connectivity index (χ0v) is 14.5. The van der Waals surface area contributed by atoms with E-state index in [2.05, 4.69) is 29.4 Å².